The van der Waals surface area contributed by atoms with Gasteiger partial charge in [0.1, 0.15) is 5.76 Å². The summed E-state index contributed by atoms with van der Waals surface area (Å²) >= 11 is 17.3. The molecule has 0 atom stereocenters. The van der Waals surface area contributed by atoms with Crippen molar-refractivity contribution >= 4 is 41.6 Å². The summed E-state index contributed by atoms with van der Waals surface area (Å²) in [5.41, 5.74) is 0.671. The molecule has 0 spiro atoms. The highest BCUT2D eigenvalue weighted by atomic mass is 35.5. The van der Waals surface area contributed by atoms with E-state index in [2.05, 4.69) is 15.3 Å². The third-order valence-corrected chi connectivity index (χ3v) is 3.48. The van der Waals surface area contributed by atoms with Gasteiger partial charge in [0.05, 0.1) is 17.5 Å². The molecule has 0 unspecified atom stereocenters. The molecular weight excluding hydrogens is 331 g/mol. The third-order valence-electron chi connectivity index (χ3n) is 2.67. The Hall–Kier alpha value is -1.89. The second-order valence-electron chi connectivity index (χ2n) is 4.05. The molecule has 0 aliphatic rings. The zero-order chi connectivity index (χ0) is 14.8. The van der Waals surface area contributed by atoms with Crippen LogP contribution < -0.4 is 0 Å². The number of rotatable bonds is 3. The van der Waals surface area contributed by atoms with Crippen LogP contribution in [0.1, 0.15) is 5.76 Å². The number of hydrogen-bond donors (Lipinski definition) is 1. The summed E-state index contributed by atoms with van der Waals surface area (Å²) < 4.78 is 7.00. The van der Waals surface area contributed by atoms with Crippen molar-refractivity contribution in [1.82, 2.24) is 14.9 Å². The minimum absolute atomic E-state index is 0.346. The van der Waals surface area contributed by atoms with Crippen LogP contribution in [0.3, 0.4) is 0 Å². The molecule has 0 saturated carbocycles. The predicted octanol–water partition coefficient (Wildman–Crippen LogP) is 4.39. The van der Waals surface area contributed by atoms with Crippen LogP contribution in [0.5, 0.6) is 0 Å². The highest BCUT2D eigenvalue weighted by Gasteiger charge is 2.12. The van der Waals surface area contributed by atoms with Crippen LogP contribution >= 0.6 is 35.4 Å². The number of nitrogens with zero attached hydrogens (tertiary/aromatic N) is 3. The lowest BCUT2D eigenvalue weighted by atomic mass is 10.2. The van der Waals surface area contributed by atoms with Crippen molar-refractivity contribution in [2.45, 2.75) is 0 Å². The van der Waals surface area contributed by atoms with Crippen LogP contribution in [0.4, 0.5) is 0 Å². The van der Waals surface area contributed by atoms with Gasteiger partial charge in [0.25, 0.3) is 0 Å². The van der Waals surface area contributed by atoms with Gasteiger partial charge in [-0.05, 0) is 42.5 Å². The minimum Gasteiger partial charge on any atom is -0.463 e. The largest absolute Gasteiger partial charge is 0.463 e. The number of benzene rings is 1. The fourth-order valence-electron chi connectivity index (χ4n) is 1.72. The van der Waals surface area contributed by atoms with Gasteiger partial charge in [0.2, 0.25) is 4.77 Å². The molecule has 106 valence electrons. The average Bonchev–Trinajstić information content (AvgIpc) is 3.07. The molecule has 1 N–H and O–H groups in total. The number of hydrogen-bond acceptors (Lipinski definition) is 4. The Balaban J connectivity index is 2.06. The van der Waals surface area contributed by atoms with Crippen molar-refractivity contribution < 1.29 is 4.42 Å². The standard InChI is InChI=1S/C13H8Cl2N4OS/c14-8-3-4-10(11(15)6-8)12-17-18-13(21)19(12)16-7-9-2-1-5-20-9/h1-7H,(H,18,21). The molecule has 0 bridgehead atoms. The molecule has 2 heterocycles. The molecule has 0 aliphatic carbocycles. The van der Waals surface area contributed by atoms with Crippen LogP contribution in [-0.4, -0.2) is 21.1 Å². The van der Waals surface area contributed by atoms with E-state index in [9.17, 15) is 0 Å². The van der Waals surface area contributed by atoms with Gasteiger partial charge >= 0.3 is 0 Å². The lowest BCUT2D eigenvalue weighted by Crippen LogP contribution is -1.95. The molecule has 0 aliphatic heterocycles. The summed E-state index contributed by atoms with van der Waals surface area (Å²) in [4.78, 5) is 0. The maximum Gasteiger partial charge on any atom is 0.216 e. The number of aromatic nitrogens is 3. The number of halogens is 2. The summed E-state index contributed by atoms with van der Waals surface area (Å²) in [7, 11) is 0. The van der Waals surface area contributed by atoms with Gasteiger partial charge in [-0.3, -0.25) is 0 Å². The van der Waals surface area contributed by atoms with Crippen molar-refractivity contribution in [3.05, 3.63) is 57.2 Å². The normalized spacial score (nSPS) is 11.3. The Bertz CT molecular complexity index is 851. The van der Waals surface area contributed by atoms with E-state index in [0.717, 1.165) is 0 Å². The average molecular weight is 339 g/mol. The monoisotopic (exact) mass is 338 g/mol. The number of furan rings is 1. The maximum atomic E-state index is 6.19. The van der Waals surface area contributed by atoms with E-state index in [1.54, 1.807) is 42.8 Å². The van der Waals surface area contributed by atoms with Crippen molar-refractivity contribution in [2.24, 2.45) is 5.10 Å². The van der Waals surface area contributed by atoms with Crippen molar-refractivity contribution in [3.63, 3.8) is 0 Å². The van der Waals surface area contributed by atoms with Crippen molar-refractivity contribution in [3.8, 4) is 11.4 Å². The first-order chi connectivity index (χ1) is 10.1. The summed E-state index contributed by atoms with van der Waals surface area (Å²) in [6.45, 7) is 0. The van der Waals surface area contributed by atoms with Crippen molar-refractivity contribution in [1.29, 1.82) is 0 Å². The third kappa shape index (κ3) is 2.92. The first-order valence-electron chi connectivity index (χ1n) is 5.86. The highest BCUT2D eigenvalue weighted by molar-refractivity contribution is 7.71. The number of nitrogens with one attached hydrogen (secondary N) is 1. The van der Waals surface area contributed by atoms with Gasteiger partial charge in [0, 0.05) is 10.6 Å². The summed E-state index contributed by atoms with van der Waals surface area (Å²) in [5, 5.41) is 12.1. The quantitative estimate of drug-likeness (QED) is 0.569. The Morgan fingerprint density at radius 2 is 2.19 bits per heavy atom. The lowest BCUT2D eigenvalue weighted by Gasteiger charge is -2.03. The number of aromatic amines is 1. The molecule has 3 rings (SSSR count). The highest BCUT2D eigenvalue weighted by Crippen LogP contribution is 2.29. The zero-order valence-electron chi connectivity index (χ0n) is 10.5. The summed E-state index contributed by atoms with van der Waals surface area (Å²) in [6, 6.07) is 8.67. The summed E-state index contributed by atoms with van der Waals surface area (Å²) in [5.74, 6) is 1.09. The minimum atomic E-state index is 0.346. The Kier molecular flexibility index (Phi) is 3.92. The molecule has 5 nitrogen and oxygen atoms in total. The molecule has 0 fully saturated rings. The van der Waals surface area contributed by atoms with Gasteiger partial charge in [-0.2, -0.15) is 14.9 Å². The molecule has 8 heteroatoms. The van der Waals surface area contributed by atoms with Gasteiger partial charge in [0.15, 0.2) is 5.82 Å². The van der Waals surface area contributed by atoms with Crippen LogP contribution in [0.2, 0.25) is 10.0 Å². The van der Waals surface area contributed by atoms with Gasteiger partial charge in [-0.15, -0.1) is 0 Å². The Morgan fingerprint density at radius 1 is 1.33 bits per heavy atom. The SMILES string of the molecule is S=c1[nH]nc(-c2ccc(Cl)cc2Cl)n1N=Cc1ccco1. The van der Waals surface area contributed by atoms with E-state index in [0.29, 0.717) is 32.0 Å². The van der Waals surface area contributed by atoms with E-state index in [4.69, 9.17) is 39.8 Å². The van der Waals surface area contributed by atoms with Gasteiger partial charge in [-0.1, -0.05) is 23.2 Å². The first kappa shape index (κ1) is 14.1. The van der Waals surface area contributed by atoms with Gasteiger partial charge in [-0.25, -0.2) is 5.10 Å². The smallest absolute Gasteiger partial charge is 0.216 e. The zero-order valence-corrected chi connectivity index (χ0v) is 12.8. The molecule has 3 aromatic rings. The van der Waals surface area contributed by atoms with Gasteiger partial charge < -0.3 is 4.42 Å². The van der Waals surface area contributed by atoms with E-state index in [1.165, 1.54) is 4.68 Å². The Labute approximate surface area is 134 Å². The molecule has 0 amide bonds. The second-order valence-corrected chi connectivity index (χ2v) is 5.28. The van der Waals surface area contributed by atoms with E-state index >= 15 is 0 Å². The fourth-order valence-corrected chi connectivity index (χ4v) is 2.40. The van der Waals surface area contributed by atoms with Crippen LogP contribution in [-0.2, 0) is 0 Å². The molecule has 2 aromatic heterocycles. The predicted molar refractivity (Wildman–Crippen MR) is 84.6 cm³/mol. The van der Waals surface area contributed by atoms with Crippen LogP contribution in [0.25, 0.3) is 11.4 Å². The van der Waals surface area contributed by atoms with Crippen molar-refractivity contribution in [2.75, 3.05) is 0 Å². The van der Waals surface area contributed by atoms with Crippen LogP contribution in [0.15, 0.2) is 46.1 Å². The first-order valence-corrected chi connectivity index (χ1v) is 7.02. The molecular formula is C13H8Cl2N4OS. The van der Waals surface area contributed by atoms with E-state index < -0.39 is 0 Å². The van der Waals surface area contributed by atoms with Crippen LogP contribution in [0, 0.1) is 4.77 Å². The topological polar surface area (TPSA) is 59.1 Å². The second kappa shape index (κ2) is 5.85. The number of H-pyrrole nitrogens is 1. The molecule has 0 saturated heterocycles. The molecule has 0 radical (unpaired) electrons. The van der Waals surface area contributed by atoms with E-state index in [-0.39, 0.29) is 0 Å². The fraction of sp³-hybridized carbons (Fsp3) is 0. The maximum absolute atomic E-state index is 6.19. The summed E-state index contributed by atoms with van der Waals surface area (Å²) in [6.07, 6.45) is 3.10. The lowest BCUT2D eigenvalue weighted by molar-refractivity contribution is 0.559. The van der Waals surface area contributed by atoms with E-state index in [1.807, 2.05) is 0 Å². The Morgan fingerprint density at radius 3 is 2.90 bits per heavy atom. The molecule has 21 heavy (non-hydrogen) atoms. The molecule has 1 aromatic carbocycles.